The molecule has 0 N–H and O–H groups in total. The van der Waals surface area contributed by atoms with Crippen molar-refractivity contribution in [3.63, 3.8) is 0 Å². The van der Waals surface area contributed by atoms with Crippen LogP contribution in [0.3, 0.4) is 0 Å². The Morgan fingerprint density at radius 3 is 2.18 bits per heavy atom. The van der Waals surface area contributed by atoms with Crippen LogP contribution in [0.5, 0.6) is 0 Å². The largest absolute Gasteiger partial charge is 0.0654 e. The summed E-state index contributed by atoms with van der Waals surface area (Å²) in [4.78, 5) is 0. The van der Waals surface area contributed by atoms with E-state index in [1.54, 1.807) is 0 Å². The highest BCUT2D eigenvalue weighted by Crippen LogP contribution is 2.43. The predicted molar refractivity (Wildman–Crippen MR) is 101 cm³/mol. The summed E-state index contributed by atoms with van der Waals surface area (Å²) in [5.74, 6) is 4.89. The second kappa shape index (κ2) is 9.33. The normalized spacial score (nSPS) is 31.2. The molecule has 0 radical (unpaired) electrons. The third kappa shape index (κ3) is 6.63. The lowest BCUT2D eigenvalue weighted by Crippen LogP contribution is -2.31. The fourth-order valence-electron chi connectivity index (χ4n) is 4.93. The first kappa shape index (κ1) is 20.0. The van der Waals surface area contributed by atoms with Crippen molar-refractivity contribution >= 4 is 0 Å². The number of hydrogen-bond acceptors (Lipinski definition) is 0. The topological polar surface area (TPSA) is 0 Å². The van der Waals surface area contributed by atoms with Gasteiger partial charge in [-0.3, -0.25) is 0 Å². The molecular formula is C22H44. The zero-order chi connectivity index (χ0) is 16.8. The van der Waals surface area contributed by atoms with Crippen LogP contribution in [0.2, 0.25) is 0 Å². The Hall–Kier alpha value is 0. The molecule has 1 aliphatic carbocycles. The van der Waals surface area contributed by atoms with Gasteiger partial charge in [0.15, 0.2) is 0 Å². The van der Waals surface area contributed by atoms with E-state index in [9.17, 15) is 0 Å². The van der Waals surface area contributed by atoms with Crippen LogP contribution in [0.25, 0.3) is 0 Å². The first-order chi connectivity index (χ1) is 10.3. The second-order valence-electron chi connectivity index (χ2n) is 9.58. The molecule has 0 aromatic heterocycles. The zero-order valence-electron chi connectivity index (χ0n) is 16.8. The van der Waals surface area contributed by atoms with Crippen LogP contribution < -0.4 is 0 Å². The lowest BCUT2D eigenvalue weighted by atomic mass is 9.65. The Morgan fingerprint density at radius 2 is 1.64 bits per heavy atom. The maximum Gasteiger partial charge on any atom is -0.0363 e. The molecule has 1 saturated carbocycles. The van der Waals surface area contributed by atoms with Crippen LogP contribution in [-0.2, 0) is 0 Å². The van der Waals surface area contributed by atoms with E-state index in [1.807, 2.05) is 0 Å². The molecule has 0 aromatic carbocycles. The van der Waals surface area contributed by atoms with Crippen molar-refractivity contribution in [2.45, 2.75) is 106 Å². The average Bonchev–Trinajstić information content (AvgIpc) is 2.43. The van der Waals surface area contributed by atoms with E-state index in [1.165, 1.54) is 57.8 Å². The van der Waals surface area contributed by atoms with Crippen molar-refractivity contribution in [1.82, 2.24) is 0 Å². The maximum absolute atomic E-state index is 2.55. The van der Waals surface area contributed by atoms with Crippen LogP contribution >= 0.6 is 0 Å². The molecule has 1 fully saturated rings. The molecule has 22 heavy (non-hydrogen) atoms. The Balaban J connectivity index is 2.46. The van der Waals surface area contributed by atoms with E-state index in [0.29, 0.717) is 5.41 Å². The molecule has 5 atom stereocenters. The fraction of sp³-hybridized carbons (Fsp3) is 1.00. The molecule has 0 spiro atoms. The van der Waals surface area contributed by atoms with E-state index < -0.39 is 0 Å². The molecule has 0 aromatic rings. The summed E-state index contributed by atoms with van der Waals surface area (Å²) in [6.07, 6.45) is 13.0. The highest BCUT2D eigenvalue weighted by molar-refractivity contribution is 4.83. The highest BCUT2D eigenvalue weighted by atomic mass is 14.4. The van der Waals surface area contributed by atoms with Crippen LogP contribution in [0, 0.1) is 35.0 Å². The minimum atomic E-state index is 0.507. The summed E-state index contributed by atoms with van der Waals surface area (Å²) in [7, 11) is 0. The molecule has 0 bridgehead atoms. The highest BCUT2D eigenvalue weighted by Gasteiger charge is 2.33. The molecule has 1 rings (SSSR count). The zero-order valence-corrected chi connectivity index (χ0v) is 16.8. The van der Waals surface area contributed by atoms with Crippen molar-refractivity contribution in [2.24, 2.45) is 35.0 Å². The van der Waals surface area contributed by atoms with Crippen LogP contribution in [-0.4, -0.2) is 0 Å². The van der Waals surface area contributed by atoms with E-state index in [-0.39, 0.29) is 0 Å². The summed E-state index contributed by atoms with van der Waals surface area (Å²) < 4.78 is 0. The summed E-state index contributed by atoms with van der Waals surface area (Å²) in [5.41, 5.74) is 0.507. The summed E-state index contributed by atoms with van der Waals surface area (Å²) in [6.45, 7) is 17.0. The quantitative estimate of drug-likeness (QED) is 0.430. The molecule has 5 unspecified atom stereocenters. The van der Waals surface area contributed by atoms with Gasteiger partial charge in [-0.15, -0.1) is 0 Å². The summed E-state index contributed by atoms with van der Waals surface area (Å²) in [6, 6.07) is 0. The molecule has 0 nitrogen and oxygen atoms in total. The van der Waals surface area contributed by atoms with Gasteiger partial charge in [-0.2, -0.15) is 0 Å². The van der Waals surface area contributed by atoms with Crippen molar-refractivity contribution in [1.29, 1.82) is 0 Å². The molecule has 132 valence electrons. The minimum absolute atomic E-state index is 0.507. The van der Waals surface area contributed by atoms with Gasteiger partial charge < -0.3 is 0 Å². The van der Waals surface area contributed by atoms with E-state index in [0.717, 1.165) is 29.6 Å². The monoisotopic (exact) mass is 308 g/mol. The second-order valence-corrected chi connectivity index (χ2v) is 9.58. The van der Waals surface area contributed by atoms with Crippen molar-refractivity contribution in [3.05, 3.63) is 0 Å². The summed E-state index contributed by atoms with van der Waals surface area (Å²) >= 11 is 0. The standard InChI is InChI=1S/C22H44/c1-8-10-19(15-16-22(5,6)7)12-14-20-13-11-17(3)21(9-2)18(20)4/h17-21H,8-16H2,1-7H3. The molecule has 0 heteroatoms. The lowest BCUT2D eigenvalue weighted by Gasteiger charge is -2.40. The van der Waals surface area contributed by atoms with Gasteiger partial charge >= 0.3 is 0 Å². The Bertz CT molecular complexity index is 285. The molecule has 1 aliphatic rings. The smallest absolute Gasteiger partial charge is 0.0363 e. The van der Waals surface area contributed by atoms with Crippen LogP contribution in [0.15, 0.2) is 0 Å². The van der Waals surface area contributed by atoms with Gasteiger partial charge in [-0.05, 0) is 60.7 Å². The molecule has 0 aliphatic heterocycles. The summed E-state index contributed by atoms with van der Waals surface area (Å²) in [5, 5.41) is 0. The molecular weight excluding hydrogens is 264 g/mol. The van der Waals surface area contributed by atoms with Gasteiger partial charge in [0.25, 0.3) is 0 Å². The maximum atomic E-state index is 2.55. The van der Waals surface area contributed by atoms with Gasteiger partial charge in [0, 0.05) is 0 Å². The first-order valence-corrected chi connectivity index (χ1v) is 10.3. The molecule has 0 amide bonds. The van der Waals surface area contributed by atoms with Gasteiger partial charge in [-0.1, -0.05) is 80.6 Å². The number of hydrogen-bond donors (Lipinski definition) is 0. The third-order valence-electron chi connectivity index (χ3n) is 6.56. The van der Waals surface area contributed by atoms with Crippen LogP contribution in [0.4, 0.5) is 0 Å². The van der Waals surface area contributed by atoms with Gasteiger partial charge in [-0.25, -0.2) is 0 Å². The van der Waals surface area contributed by atoms with Crippen molar-refractivity contribution in [2.75, 3.05) is 0 Å². The van der Waals surface area contributed by atoms with Crippen molar-refractivity contribution in [3.8, 4) is 0 Å². The Labute approximate surface area is 141 Å². The van der Waals surface area contributed by atoms with E-state index in [2.05, 4.69) is 48.5 Å². The minimum Gasteiger partial charge on any atom is -0.0654 e. The molecule has 0 heterocycles. The van der Waals surface area contributed by atoms with Gasteiger partial charge in [0.2, 0.25) is 0 Å². The first-order valence-electron chi connectivity index (χ1n) is 10.3. The number of rotatable bonds is 8. The van der Waals surface area contributed by atoms with Crippen LogP contribution in [0.1, 0.15) is 106 Å². The molecule has 0 saturated heterocycles. The lowest BCUT2D eigenvalue weighted by molar-refractivity contribution is 0.0962. The Morgan fingerprint density at radius 1 is 0.955 bits per heavy atom. The fourth-order valence-corrected chi connectivity index (χ4v) is 4.93. The van der Waals surface area contributed by atoms with Crippen molar-refractivity contribution < 1.29 is 0 Å². The van der Waals surface area contributed by atoms with E-state index >= 15 is 0 Å². The Kier molecular flexibility index (Phi) is 8.50. The SMILES string of the molecule is CCCC(CCC1CCC(C)C(CC)C1C)CCC(C)(C)C. The van der Waals surface area contributed by atoms with Gasteiger partial charge in [0.1, 0.15) is 0 Å². The third-order valence-corrected chi connectivity index (χ3v) is 6.56. The van der Waals surface area contributed by atoms with Gasteiger partial charge in [0.05, 0.1) is 0 Å². The average molecular weight is 309 g/mol. The van der Waals surface area contributed by atoms with E-state index in [4.69, 9.17) is 0 Å². The predicted octanol–water partition coefficient (Wildman–Crippen LogP) is 7.72.